The number of carboxylic acid groups (broad SMARTS) is 1. The lowest BCUT2D eigenvalue weighted by Gasteiger charge is -2.11. The van der Waals surface area contributed by atoms with Crippen molar-refractivity contribution in [1.29, 1.82) is 0 Å². The molecule has 6 heteroatoms. The van der Waals surface area contributed by atoms with Crippen molar-refractivity contribution < 1.29 is 24.5 Å². The van der Waals surface area contributed by atoms with Crippen LogP contribution in [0.25, 0.3) is 0 Å². The Morgan fingerprint density at radius 1 is 1.47 bits per heavy atom. The zero-order chi connectivity index (χ0) is 12.4. The van der Waals surface area contributed by atoms with Gasteiger partial charge in [-0.3, -0.25) is 4.79 Å². The molecule has 0 saturated heterocycles. The molecular formula is C11H11NO5. The molecule has 3 N–H and O–H groups in total. The second-order valence-electron chi connectivity index (χ2n) is 3.64. The number of hydrogen-bond donors (Lipinski definition) is 3. The van der Waals surface area contributed by atoms with Crippen LogP contribution in [0.5, 0.6) is 5.75 Å². The molecule has 1 aromatic carbocycles. The lowest BCUT2D eigenvalue weighted by molar-refractivity contribution is -0.146. The Bertz CT molecular complexity index is 471. The van der Waals surface area contributed by atoms with Crippen LogP contribution in [0.3, 0.4) is 0 Å². The van der Waals surface area contributed by atoms with Crippen molar-refractivity contribution in [2.24, 2.45) is 0 Å². The summed E-state index contributed by atoms with van der Waals surface area (Å²) >= 11 is 0. The average molecular weight is 237 g/mol. The molecule has 0 saturated carbocycles. The molecule has 0 aliphatic carbocycles. The number of carbonyl (C=O) groups excluding carboxylic acids is 1. The predicted octanol–water partition coefficient (Wildman–Crippen LogP) is 0.526. The molecule has 0 fully saturated rings. The molecule has 1 aliphatic heterocycles. The van der Waals surface area contributed by atoms with Crippen LogP contribution in [0, 0.1) is 0 Å². The Hall–Kier alpha value is -2.08. The highest BCUT2D eigenvalue weighted by Crippen LogP contribution is 2.30. The summed E-state index contributed by atoms with van der Waals surface area (Å²) in [6, 6.07) is 4.38. The smallest absolute Gasteiger partial charge is 0.337 e. The maximum Gasteiger partial charge on any atom is 0.337 e. The highest BCUT2D eigenvalue weighted by molar-refractivity contribution is 5.93. The first-order valence-corrected chi connectivity index (χ1v) is 5.05. The van der Waals surface area contributed by atoms with Gasteiger partial charge in [-0.1, -0.05) is 6.07 Å². The number of aliphatic hydroxyl groups is 1. The molecule has 1 aliphatic rings. The summed E-state index contributed by atoms with van der Waals surface area (Å²) in [4.78, 5) is 21.9. The predicted molar refractivity (Wildman–Crippen MR) is 57.8 cm³/mol. The van der Waals surface area contributed by atoms with Crippen molar-refractivity contribution in [3.05, 3.63) is 23.8 Å². The van der Waals surface area contributed by atoms with Gasteiger partial charge in [0.2, 0.25) is 5.91 Å². The van der Waals surface area contributed by atoms with Crippen molar-refractivity contribution in [2.75, 3.05) is 11.9 Å². The van der Waals surface area contributed by atoms with Gasteiger partial charge in [0.15, 0.2) is 6.10 Å². The number of carbonyl (C=O) groups is 2. The maximum atomic E-state index is 11.3. The molecular weight excluding hydrogens is 226 g/mol. The van der Waals surface area contributed by atoms with E-state index < -0.39 is 12.1 Å². The fraction of sp³-hybridized carbons (Fsp3) is 0.273. The Morgan fingerprint density at radius 3 is 2.94 bits per heavy atom. The Kier molecular flexibility index (Phi) is 2.97. The molecule has 0 radical (unpaired) electrons. The Balaban J connectivity index is 2.35. The first kappa shape index (κ1) is 11.4. The number of amides is 1. The van der Waals surface area contributed by atoms with Gasteiger partial charge in [-0.25, -0.2) is 4.79 Å². The van der Waals surface area contributed by atoms with E-state index in [1.807, 2.05) is 0 Å². The van der Waals surface area contributed by atoms with E-state index in [2.05, 4.69) is 5.32 Å². The third kappa shape index (κ3) is 2.36. The molecule has 6 nitrogen and oxygen atoms in total. The van der Waals surface area contributed by atoms with Crippen LogP contribution < -0.4 is 10.1 Å². The summed E-state index contributed by atoms with van der Waals surface area (Å²) in [7, 11) is 0. The number of rotatable bonds is 2. The molecule has 90 valence electrons. The quantitative estimate of drug-likeness (QED) is 0.697. The van der Waals surface area contributed by atoms with Gasteiger partial charge < -0.3 is 20.3 Å². The number of aliphatic carboxylic acids is 1. The van der Waals surface area contributed by atoms with Gasteiger partial charge in [-0.05, 0) is 17.7 Å². The van der Waals surface area contributed by atoms with E-state index in [1.165, 1.54) is 18.2 Å². The summed E-state index contributed by atoms with van der Waals surface area (Å²) in [6.45, 7) is 0.277. The standard InChI is InChI=1S/C11H11NO5/c13-9-3-4-17-8-2-1-6(5-7(8)12-9)10(14)11(15)16/h1-2,5,10,14H,3-4H2,(H,12,13)(H,15,16). The highest BCUT2D eigenvalue weighted by atomic mass is 16.5. The molecule has 0 spiro atoms. The van der Waals surface area contributed by atoms with E-state index in [9.17, 15) is 14.7 Å². The van der Waals surface area contributed by atoms with Gasteiger partial charge in [-0.15, -0.1) is 0 Å². The largest absolute Gasteiger partial charge is 0.491 e. The normalized spacial score (nSPS) is 16.2. The number of nitrogens with one attached hydrogen (secondary N) is 1. The molecule has 0 aromatic heterocycles. The summed E-state index contributed by atoms with van der Waals surface area (Å²) in [5, 5.41) is 20.6. The summed E-state index contributed by atoms with van der Waals surface area (Å²) < 4.78 is 5.30. The highest BCUT2D eigenvalue weighted by Gasteiger charge is 2.20. The van der Waals surface area contributed by atoms with Gasteiger partial charge in [0.1, 0.15) is 5.75 Å². The van der Waals surface area contributed by atoms with Gasteiger partial charge in [0.25, 0.3) is 0 Å². The molecule has 1 amide bonds. The van der Waals surface area contributed by atoms with Crippen molar-refractivity contribution in [2.45, 2.75) is 12.5 Å². The SMILES string of the molecule is O=C1CCOc2ccc(C(O)C(=O)O)cc2N1. The first-order valence-electron chi connectivity index (χ1n) is 5.05. The topological polar surface area (TPSA) is 95.9 Å². The Morgan fingerprint density at radius 2 is 2.24 bits per heavy atom. The van der Waals surface area contributed by atoms with E-state index in [1.54, 1.807) is 0 Å². The van der Waals surface area contributed by atoms with Gasteiger partial charge in [0, 0.05) is 0 Å². The number of carboxylic acids is 1. The van der Waals surface area contributed by atoms with Crippen molar-refractivity contribution >= 4 is 17.6 Å². The minimum Gasteiger partial charge on any atom is -0.491 e. The molecule has 2 rings (SSSR count). The lowest BCUT2D eigenvalue weighted by Crippen LogP contribution is -2.12. The second kappa shape index (κ2) is 4.42. The molecule has 1 atom stereocenters. The summed E-state index contributed by atoms with van der Waals surface area (Å²) in [5.74, 6) is -1.08. The monoisotopic (exact) mass is 237 g/mol. The van der Waals surface area contributed by atoms with E-state index in [4.69, 9.17) is 9.84 Å². The van der Waals surface area contributed by atoms with Crippen LogP contribution in [-0.4, -0.2) is 28.7 Å². The van der Waals surface area contributed by atoms with E-state index in [0.717, 1.165) is 0 Å². The van der Waals surface area contributed by atoms with E-state index in [0.29, 0.717) is 11.4 Å². The van der Waals surface area contributed by atoms with Gasteiger partial charge >= 0.3 is 5.97 Å². The summed E-state index contributed by atoms with van der Waals surface area (Å²) in [6.07, 6.45) is -1.37. The third-order valence-electron chi connectivity index (χ3n) is 2.41. The number of ether oxygens (including phenoxy) is 1. The van der Waals surface area contributed by atoms with Crippen LogP contribution >= 0.6 is 0 Å². The van der Waals surface area contributed by atoms with Crippen molar-refractivity contribution in [3.63, 3.8) is 0 Å². The van der Waals surface area contributed by atoms with Crippen LogP contribution in [0.15, 0.2) is 18.2 Å². The van der Waals surface area contributed by atoms with Crippen LogP contribution in [0.4, 0.5) is 5.69 Å². The zero-order valence-corrected chi connectivity index (χ0v) is 8.84. The van der Waals surface area contributed by atoms with Crippen LogP contribution in [-0.2, 0) is 9.59 Å². The second-order valence-corrected chi connectivity index (χ2v) is 3.64. The Labute approximate surface area is 96.8 Å². The molecule has 17 heavy (non-hydrogen) atoms. The number of hydrogen-bond acceptors (Lipinski definition) is 4. The third-order valence-corrected chi connectivity index (χ3v) is 2.41. The average Bonchev–Trinajstić information content (AvgIpc) is 2.47. The van der Waals surface area contributed by atoms with Gasteiger partial charge in [0.05, 0.1) is 18.7 Å². The molecule has 1 heterocycles. The first-order chi connectivity index (χ1) is 8.08. The van der Waals surface area contributed by atoms with E-state index >= 15 is 0 Å². The number of benzene rings is 1. The maximum absolute atomic E-state index is 11.3. The number of fused-ring (bicyclic) bond motifs is 1. The fourth-order valence-electron chi connectivity index (χ4n) is 1.55. The summed E-state index contributed by atoms with van der Waals surface area (Å²) in [5.41, 5.74) is 0.576. The molecule has 1 unspecified atom stereocenters. The zero-order valence-electron chi connectivity index (χ0n) is 8.84. The lowest BCUT2D eigenvalue weighted by atomic mass is 10.1. The fourth-order valence-corrected chi connectivity index (χ4v) is 1.55. The number of anilines is 1. The molecule has 1 aromatic rings. The van der Waals surface area contributed by atoms with E-state index in [-0.39, 0.29) is 24.5 Å². The number of aliphatic hydroxyl groups excluding tert-OH is 1. The van der Waals surface area contributed by atoms with Crippen LogP contribution in [0.1, 0.15) is 18.1 Å². The minimum atomic E-state index is -1.61. The van der Waals surface area contributed by atoms with Gasteiger partial charge in [-0.2, -0.15) is 0 Å². The molecule has 0 bridgehead atoms. The van der Waals surface area contributed by atoms with Crippen LogP contribution in [0.2, 0.25) is 0 Å². The van der Waals surface area contributed by atoms with Crippen molar-refractivity contribution in [3.8, 4) is 5.75 Å². The minimum absolute atomic E-state index is 0.196. The van der Waals surface area contributed by atoms with Crippen molar-refractivity contribution in [1.82, 2.24) is 0 Å².